The largest absolute Gasteiger partial charge is 0.573 e. The van der Waals surface area contributed by atoms with Crippen molar-refractivity contribution >= 4 is 23.2 Å². The van der Waals surface area contributed by atoms with Gasteiger partial charge in [-0.1, -0.05) is 61.0 Å². The number of rotatable bonds is 6. The third kappa shape index (κ3) is 5.40. The van der Waals surface area contributed by atoms with E-state index in [1.165, 1.54) is 18.2 Å². The van der Waals surface area contributed by atoms with Gasteiger partial charge in [0.05, 0.1) is 6.04 Å². The highest BCUT2D eigenvalue weighted by atomic mass is 35.5. The normalized spacial score (nSPS) is 17.1. The molecule has 0 aromatic heterocycles. The molecule has 1 amide bonds. The minimum Gasteiger partial charge on any atom is -0.406 e. The fourth-order valence-corrected chi connectivity index (χ4v) is 4.15. The molecular formula is C26H21ClF3NO2. The molecule has 1 heterocycles. The Hall–Kier alpha value is -3.25. The number of halogens is 4. The zero-order valence-electron chi connectivity index (χ0n) is 17.7. The maximum atomic E-state index is 13.5. The van der Waals surface area contributed by atoms with Crippen molar-refractivity contribution in [2.45, 2.75) is 31.7 Å². The summed E-state index contributed by atoms with van der Waals surface area (Å²) in [6.45, 7) is 2.04. The van der Waals surface area contributed by atoms with Crippen molar-refractivity contribution in [3.05, 3.63) is 107 Å². The van der Waals surface area contributed by atoms with Crippen LogP contribution in [0.15, 0.2) is 90.5 Å². The number of ether oxygens (including phenoxy) is 1. The molecular weight excluding hydrogens is 451 g/mol. The first-order chi connectivity index (χ1) is 15.7. The highest BCUT2D eigenvalue weighted by Gasteiger charge is 2.36. The lowest BCUT2D eigenvalue weighted by molar-refractivity contribution is -0.274. The summed E-state index contributed by atoms with van der Waals surface area (Å²) in [6.07, 6.45) is -2.47. The number of carbonyl (C=O) groups is 1. The minimum atomic E-state index is -4.80. The summed E-state index contributed by atoms with van der Waals surface area (Å²) >= 11 is 6.02. The Kier molecular flexibility index (Phi) is 6.47. The first-order valence-corrected chi connectivity index (χ1v) is 10.8. The van der Waals surface area contributed by atoms with E-state index in [0.717, 1.165) is 5.56 Å². The van der Waals surface area contributed by atoms with Crippen LogP contribution in [0.2, 0.25) is 5.02 Å². The monoisotopic (exact) mass is 471 g/mol. The Morgan fingerprint density at radius 2 is 1.70 bits per heavy atom. The van der Waals surface area contributed by atoms with Crippen LogP contribution in [0.25, 0.3) is 0 Å². The van der Waals surface area contributed by atoms with Crippen molar-refractivity contribution in [2.75, 3.05) is 4.90 Å². The molecule has 0 aliphatic carbocycles. The highest BCUT2D eigenvalue weighted by molar-refractivity contribution is 6.30. The topological polar surface area (TPSA) is 29.5 Å². The van der Waals surface area contributed by atoms with Crippen LogP contribution < -0.4 is 9.64 Å². The smallest absolute Gasteiger partial charge is 0.406 e. The number of carbonyl (C=O) groups excluding carboxylic acids is 1. The molecule has 0 unspecified atom stereocenters. The lowest BCUT2D eigenvalue weighted by Crippen LogP contribution is -2.29. The molecule has 3 aromatic carbocycles. The Morgan fingerprint density at radius 1 is 1.00 bits per heavy atom. The van der Waals surface area contributed by atoms with E-state index in [4.69, 9.17) is 11.6 Å². The SMILES string of the molecule is C[C@@H](CC1=C[C@@H](c2cccc(OC(F)(F)F)c2)N(c2ccc(Cl)cc2)C1=O)c1ccccc1. The second-order valence-electron chi connectivity index (χ2n) is 7.92. The van der Waals surface area contributed by atoms with E-state index in [1.54, 1.807) is 35.2 Å². The van der Waals surface area contributed by atoms with Crippen molar-refractivity contribution in [2.24, 2.45) is 0 Å². The lowest BCUT2D eigenvalue weighted by atomic mass is 9.93. The summed E-state index contributed by atoms with van der Waals surface area (Å²) in [7, 11) is 0. The molecule has 0 N–H and O–H groups in total. The van der Waals surface area contributed by atoms with Crippen LogP contribution in [0.1, 0.15) is 36.4 Å². The molecule has 0 fully saturated rings. The van der Waals surface area contributed by atoms with Gasteiger partial charge in [0.1, 0.15) is 5.75 Å². The van der Waals surface area contributed by atoms with Crippen LogP contribution in [0.3, 0.4) is 0 Å². The van der Waals surface area contributed by atoms with Gasteiger partial charge in [-0.3, -0.25) is 9.69 Å². The fourth-order valence-electron chi connectivity index (χ4n) is 4.02. The summed E-state index contributed by atoms with van der Waals surface area (Å²) in [5, 5.41) is 0.522. The molecule has 7 heteroatoms. The molecule has 33 heavy (non-hydrogen) atoms. The molecule has 3 nitrogen and oxygen atoms in total. The average Bonchev–Trinajstić information content (AvgIpc) is 3.10. The summed E-state index contributed by atoms with van der Waals surface area (Å²) in [5.74, 6) is -0.428. The van der Waals surface area contributed by atoms with Crippen LogP contribution in [0.4, 0.5) is 18.9 Å². The summed E-state index contributed by atoms with van der Waals surface area (Å²) in [6, 6.07) is 21.8. The maximum Gasteiger partial charge on any atom is 0.573 e. The van der Waals surface area contributed by atoms with Crippen LogP contribution in [0, 0.1) is 0 Å². The zero-order valence-corrected chi connectivity index (χ0v) is 18.5. The van der Waals surface area contributed by atoms with Crippen molar-refractivity contribution in [1.29, 1.82) is 0 Å². The van der Waals surface area contributed by atoms with Crippen molar-refractivity contribution < 1.29 is 22.7 Å². The number of hydrogen-bond donors (Lipinski definition) is 0. The molecule has 0 saturated carbocycles. The predicted molar refractivity (Wildman–Crippen MR) is 122 cm³/mol. The molecule has 2 atom stereocenters. The van der Waals surface area contributed by atoms with Crippen molar-refractivity contribution in [1.82, 2.24) is 0 Å². The highest BCUT2D eigenvalue weighted by Crippen LogP contribution is 2.40. The number of alkyl halides is 3. The van der Waals surface area contributed by atoms with Gasteiger partial charge in [0.2, 0.25) is 0 Å². The Balaban J connectivity index is 1.70. The maximum absolute atomic E-state index is 13.5. The molecule has 4 rings (SSSR count). The molecule has 0 saturated heterocycles. The lowest BCUT2D eigenvalue weighted by Gasteiger charge is -2.26. The van der Waals surface area contributed by atoms with Gasteiger partial charge < -0.3 is 4.74 Å². The predicted octanol–water partition coefficient (Wildman–Crippen LogP) is 7.45. The number of hydrogen-bond acceptors (Lipinski definition) is 2. The summed E-state index contributed by atoms with van der Waals surface area (Å²) < 4.78 is 42.3. The molecule has 0 radical (unpaired) electrons. The van der Waals surface area contributed by atoms with E-state index >= 15 is 0 Å². The molecule has 1 aliphatic heterocycles. The summed E-state index contributed by atoms with van der Waals surface area (Å²) in [5.41, 5.74) is 2.83. The zero-order chi connectivity index (χ0) is 23.6. The molecule has 3 aromatic rings. The van der Waals surface area contributed by atoms with E-state index in [-0.39, 0.29) is 17.6 Å². The Labute approximate surface area is 195 Å². The van der Waals surface area contributed by atoms with Crippen LogP contribution >= 0.6 is 11.6 Å². The van der Waals surface area contributed by atoms with Gasteiger partial charge in [-0.2, -0.15) is 0 Å². The van der Waals surface area contributed by atoms with Crippen LogP contribution in [-0.2, 0) is 4.79 Å². The standard InChI is InChI=1S/C26H21ClF3NO2/c1-17(18-6-3-2-4-7-18)14-20-16-24(19-8-5-9-23(15-19)33-26(28,29)30)31(25(20)32)22-12-10-21(27)11-13-22/h2-13,15-17,24H,14H2,1H3/t17-,24-/m0/s1. The first-order valence-electron chi connectivity index (χ1n) is 10.4. The number of anilines is 1. The van der Waals surface area contributed by atoms with E-state index < -0.39 is 12.4 Å². The van der Waals surface area contributed by atoms with Gasteiger partial charge in [0, 0.05) is 16.3 Å². The van der Waals surface area contributed by atoms with Gasteiger partial charge in [-0.05, 0) is 65.9 Å². The molecule has 1 aliphatic rings. The van der Waals surface area contributed by atoms with Crippen molar-refractivity contribution in [3.8, 4) is 5.75 Å². The molecule has 170 valence electrons. The third-order valence-corrected chi connectivity index (χ3v) is 5.82. The minimum absolute atomic E-state index is 0.0899. The van der Waals surface area contributed by atoms with Crippen molar-refractivity contribution in [3.63, 3.8) is 0 Å². The number of nitrogens with zero attached hydrogens (tertiary/aromatic N) is 1. The van der Waals surface area contributed by atoms with E-state index in [1.807, 2.05) is 43.3 Å². The van der Waals surface area contributed by atoms with Gasteiger partial charge in [0.25, 0.3) is 5.91 Å². The second-order valence-corrected chi connectivity index (χ2v) is 8.36. The quantitative estimate of drug-likeness (QED) is 0.373. The van der Waals surface area contributed by atoms with Gasteiger partial charge in [-0.15, -0.1) is 13.2 Å². The fraction of sp³-hybridized carbons (Fsp3) is 0.192. The van der Waals surface area contributed by atoms with Gasteiger partial charge in [0.15, 0.2) is 0 Å². The average molecular weight is 472 g/mol. The summed E-state index contributed by atoms with van der Waals surface area (Å²) in [4.78, 5) is 15.0. The van der Waals surface area contributed by atoms with Gasteiger partial charge in [-0.25, -0.2) is 0 Å². The van der Waals surface area contributed by atoms with Crippen LogP contribution in [-0.4, -0.2) is 12.3 Å². The number of benzene rings is 3. The Morgan fingerprint density at radius 3 is 2.36 bits per heavy atom. The third-order valence-electron chi connectivity index (χ3n) is 5.56. The van der Waals surface area contributed by atoms with E-state index in [0.29, 0.717) is 28.3 Å². The van der Waals surface area contributed by atoms with E-state index in [9.17, 15) is 18.0 Å². The van der Waals surface area contributed by atoms with E-state index in [2.05, 4.69) is 4.74 Å². The first kappa shape index (κ1) is 22.9. The number of amides is 1. The van der Waals surface area contributed by atoms with Gasteiger partial charge >= 0.3 is 6.36 Å². The Bertz CT molecular complexity index is 1160. The van der Waals surface area contributed by atoms with Crippen LogP contribution in [0.5, 0.6) is 5.75 Å². The molecule has 0 spiro atoms. The molecule has 0 bridgehead atoms. The second kappa shape index (κ2) is 9.32.